The Morgan fingerprint density at radius 3 is 2.54 bits per heavy atom. The molecule has 0 saturated heterocycles. The average Bonchev–Trinajstić information content (AvgIpc) is 3.22. The fraction of sp³-hybridized carbons (Fsp3) is 0.735. The number of anilines is 1. The van der Waals surface area contributed by atoms with E-state index in [1.165, 1.54) is 51.4 Å². The predicted molar refractivity (Wildman–Crippen MR) is 153 cm³/mol. The molecule has 0 unspecified atom stereocenters. The molecule has 0 radical (unpaired) electrons. The first-order chi connectivity index (χ1) is 17.7. The lowest BCUT2D eigenvalue weighted by Gasteiger charge is -2.58. The maximum atomic E-state index is 12.5. The molecule has 1 aromatic carbocycles. The summed E-state index contributed by atoms with van der Waals surface area (Å²) in [6.45, 7) is 12.5. The zero-order chi connectivity index (χ0) is 26.2. The summed E-state index contributed by atoms with van der Waals surface area (Å²) < 4.78 is 5.91. The van der Waals surface area contributed by atoms with Crippen molar-refractivity contribution in [3.63, 3.8) is 0 Å². The molecule has 1 amide bonds. The van der Waals surface area contributed by atoms with Gasteiger partial charge < -0.3 is 4.74 Å². The second-order valence-corrected chi connectivity index (χ2v) is 14.1. The lowest BCUT2D eigenvalue weighted by Crippen LogP contribution is -2.51. The molecular weight excluding hydrogens is 454 g/mol. The number of amides is 1. The zero-order valence-corrected chi connectivity index (χ0v) is 24.1. The molecule has 3 nitrogen and oxygen atoms in total. The standard InChI is InChI=1S/C34H51NO2/c1-23(2)10-9-11-24(3)29-16-17-30-28-15-14-25-22-27(37-32(36)35-26-12-7-6-8-13-26)18-20-33(25,4)31(28)19-21-34(29,30)5/h6-8,12-14,23-24,27-31H,9-11,15-22H2,1-5H3,(H,35,36)/t24-,27-,28+,29-,30+,31+,33-,34-/m0/s1. The highest BCUT2D eigenvalue weighted by atomic mass is 16.6. The Labute approximate surface area is 226 Å². The van der Waals surface area contributed by atoms with Crippen LogP contribution in [-0.2, 0) is 4.74 Å². The third-order valence-electron chi connectivity index (χ3n) is 11.6. The number of nitrogens with one attached hydrogen (secondary N) is 1. The van der Waals surface area contributed by atoms with Gasteiger partial charge in [-0.2, -0.15) is 0 Å². The lowest BCUT2D eigenvalue weighted by atomic mass is 9.47. The first-order valence-corrected chi connectivity index (χ1v) is 15.4. The first kappa shape index (κ1) is 26.8. The van der Waals surface area contributed by atoms with Crippen molar-refractivity contribution >= 4 is 11.8 Å². The van der Waals surface area contributed by atoms with Gasteiger partial charge in [0.2, 0.25) is 0 Å². The highest BCUT2D eigenvalue weighted by Crippen LogP contribution is 2.67. The van der Waals surface area contributed by atoms with Crippen LogP contribution in [0.3, 0.4) is 0 Å². The molecule has 0 bridgehead atoms. The van der Waals surface area contributed by atoms with E-state index in [1.54, 1.807) is 5.57 Å². The Hall–Kier alpha value is -1.77. The van der Waals surface area contributed by atoms with E-state index < -0.39 is 0 Å². The van der Waals surface area contributed by atoms with E-state index in [0.717, 1.165) is 60.5 Å². The van der Waals surface area contributed by atoms with Gasteiger partial charge in [0.15, 0.2) is 0 Å². The Morgan fingerprint density at radius 2 is 1.78 bits per heavy atom. The number of carbonyl (C=O) groups is 1. The minimum Gasteiger partial charge on any atom is -0.446 e. The van der Waals surface area contributed by atoms with Crippen LogP contribution in [0.1, 0.15) is 105 Å². The minimum absolute atomic E-state index is 0.00371. The number of ether oxygens (including phenoxy) is 1. The maximum absolute atomic E-state index is 12.5. The number of allylic oxidation sites excluding steroid dienone is 1. The van der Waals surface area contributed by atoms with Gasteiger partial charge >= 0.3 is 6.09 Å². The second kappa shape index (κ2) is 10.8. The van der Waals surface area contributed by atoms with Crippen LogP contribution in [0.5, 0.6) is 0 Å². The number of hydrogen-bond acceptors (Lipinski definition) is 2. The molecule has 4 aliphatic carbocycles. The number of rotatable bonds is 7. The van der Waals surface area contributed by atoms with E-state index >= 15 is 0 Å². The van der Waals surface area contributed by atoms with Gasteiger partial charge in [-0.05, 0) is 103 Å². The molecule has 5 rings (SSSR count). The van der Waals surface area contributed by atoms with Crippen molar-refractivity contribution in [3.8, 4) is 0 Å². The predicted octanol–water partition coefficient (Wildman–Crippen LogP) is 9.65. The molecule has 0 heterocycles. The maximum Gasteiger partial charge on any atom is 0.411 e. The smallest absolute Gasteiger partial charge is 0.411 e. The van der Waals surface area contributed by atoms with Crippen molar-refractivity contribution in [2.45, 2.75) is 111 Å². The van der Waals surface area contributed by atoms with Crippen molar-refractivity contribution in [2.75, 3.05) is 5.32 Å². The Balaban J connectivity index is 1.22. The van der Waals surface area contributed by atoms with Crippen LogP contribution < -0.4 is 5.32 Å². The number of carbonyl (C=O) groups excluding carboxylic acids is 1. The molecule has 0 aliphatic heterocycles. The van der Waals surface area contributed by atoms with Crippen LogP contribution in [0.15, 0.2) is 42.0 Å². The van der Waals surface area contributed by atoms with Crippen LogP contribution in [0.2, 0.25) is 0 Å². The molecule has 4 aliphatic rings. The first-order valence-electron chi connectivity index (χ1n) is 15.4. The van der Waals surface area contributed by atoms with Crippen molar-refractivity contribution in [3.05, 3.63) is 42.0 Å². The molecule has 204 valence electrons. The van der Waals surface area contributed by atoms with Crippen molar-refractivity contribution in [1.29, 1.82) is 0 Å². The molecule has 0 spiro atoms. The molecule has 3 fully saturated rings. The van der Waals surface area contributed by atoms with Crippen molar-refractivity contribution in [2.24, 2.45) is 46.3 Å². The van der Waals surface area contributed by atoms with Gasteiger partial charge in [0.25, 0.3) is 0 Å². The van der Waals surface area contributed by atoms with E-state index in [4.69, 9.17) is 4.74 Å². The quantitative estimate of drug-likeness (QED) is 0.375. The summed E-state index contributed by atoms with van der Waals surface area (Å²) in [4.78, 5) is 12.5. The molecule has 1 aromatic rings. The highest BCUT2D eigenvalue weighted by molar-refractivity contribution is 5.84. The van der Waals surface area contributed by atoms with Gasteiger partial charge in [0.1, 0.15) is 6.10 Å². The van der Waals surface area contributed by atoms with E-state index in [0.29, 0.717) is 10.8 Å². The fourth-order valence-corrected chi connectivity index (χ4v) is 9.57. The topological polar surface area (TPSA) is 38.3 Å². The zero-order valence-electron chi connectivity index (χ0n) is 24.1. The third-order valence-corrected chi connectivity index (χ3v) is 11.6. The second-order valence-electron chi connectivity index (χ2n) is 14.1. The van der Waals surface area contributed by atoms with E-state index in [9.17, 15) is 4.79 Å². The molecule has 3 heteroatoms. The van der Waals surface area contributed by atoms with Crippen LogP contribution in [0.4, 0.5) is 10.5 Å². The molecular formula is C34H51NO2. The van der Waals surface area contributed by atoms with Crippen molar-refractivity contribution < 1.29 is 9.53 Å². The number of fused-ring (bicyclic) bond motifs is 5. The Morgan fingerprint density at radius 1 is 1.00 bits per heavy atom. The number of benzene rings is 1. The van der Waals surface area contributed by atoms with Crippen LogP contribution in [-0.4, -0.2) is 12.2 Å². The molecule has 37 heavy (non-hydrogen) atoms. The Kier molecular flexibility index (Phi) is 7.81. The van der Waals surface area contributed by atoms with E-state index in [2.05, 4.69) is 46.0 Å². The van der Waals surface area contributed by atoms with Crippen LogP contribution in [0, 0.1) is 46.3 Å². The summed E-state index contributed by atoms with van der Waals surface area (Å²) in [5.41, 5.74) is 3.21. The minimum atomic E-state index is -0.318. The van der Waals surface area contributed by atoms with Gasteiger partial charge in [-0.15, -0.1) is 0 Å². The summed E-state index contributed by atoms with van der Waals surface area (Å²) in [5, 5.41) is 2.90. The number of hydrogen-bond donors (Lipinski definition) is 1. The van der Waals surface area contributed by atoms with Crippen molar-refractivity contribution in [1.82, 2.24) is 0 Å². The summed E-state index contributed by atoms with van der Waals surface area (Å²) >= 11 is 0. The van der Waals surface area contributed by atoms with E-state index in [-0.39, 0.29) is 12.2 Å². The summed E-state index contributed by atoms with van der Waals surface area (Å²) in [7, 11) is 0. The molecule has 3 saturated carbocycles. The molecule has 0 aromatic heterocycles. The highest BCUT2D eigenvalue weighted by Gasteiger charge is 2.59. The van der Waals surface area contributed by atoms with Gasteiger partial charge in [0, 0.05) is 12.1 Å². The molecule has 8 atom stereocenters. The summed E-state index contributed by atoms with van der Waals surface area (Å²) in [5.74, 6) is 5.15. The van der Waals surface area contributed by atoms with Gasteiger partial charge in [-0.1, -0.05) is 83.7 Å². The number of para-hydroxylation sites is 1. The van der Waals surface area contributed by atoms with Gasteiger partial charge in [0.05, 0.1) is 0 Å². The lowest BCUT2D eigenvalue weighted by molar-refractivity contribution is -0.0577. The SMILES string of the molecule is CC(C)CCC[C@H](C)[C@@H]1CC[C@@H]2[C@H]3CC=C4C[C@@H](OC(=O)Nc5ccccc5)CC[C@]4(C)[C@@H]3CC[C@]21C. The van der Waals surface area contributed by atoms with Crippen LogP contribution in [0.25, 0.3) is 0 Å². The Bertz CT molecular complexity index is 969. The van der Waals surface area contributed by atoms with Gasteiger partial charge in [-0.3, -0.25) is 5.32 Å². The summed E-state index contributed by atoms with van der Waals surface area (Å²) in [6, 6.07) is 9.62. The average molecular weight is 506 g/mol. The monoisotopic (exact) mass is 505 g/mol. The van der Waals surface area contributed by atoms with Crippen LogP contribution >= 0.6 is 0 Å². The summed E-state index contributed by atoms with van der Waals surface area (Å²) in [6.07, 6.45) is 16.5. The largest absolute Gasteiger partial charge is 0.446 e. The molecule has 1 N–H and O–H groups in total. The third kappa shape index (κ3) is 5.26. The van der Waals surface area contributed by atoms with E-state index in [1.807, 2.05) is 30.3 Å². The fourth-order valence-electron chi connectivity index (χ4n) is 9.57. The van der Waals surface area contributed by atoms with Gasteiger partial charge in [-0.25, -0.2) is 4.79 Å². The normalized spacial score (nSPS) is 37.7.